The maximum atomic E-state index is 12.4. The summed E-state index contributed by atoms with van der Waals surface area (Å²) < 4.78 is 4.73. The van der Waals surface area contributed by atoms with Gasteiger partial charge < -0.3 is 25.2 Å². The number of carbonyl (C=O) groups is 2. The van der Waals surface area contributed by atoms with Crippen molar-refractivity contribution in [2.24, 2.45) is 0 Å². The Kier molecular flexibility index (Phi) is 6.17. The summed E-state index contributed by atoms with van der Waals surface area (Å²) in [7, 11) is 0. The summed E-state index contributed by atoms with van der Waals surface area (Å²) in [5.74, 6) is -2.72. The van der Waals surface area contributed by atoms with Gasteiger partial charge in [-0.05, 0) is 35.2 Å². The van der Waals surface area contributed by atoms with Crippen LogP contribution in [0.1, 0.15) is 29.5 Å². The van der Waals surface area contributed by atoms with Crippen molar-refractivity contribution in [1.82, 2.24) is 10.5 Å². The molecule has 1 heterocycles. The number of amides is 1. The number of aliphatic carboxylic acids is 1. The molecule has 1 unspecified atom stereocenters. The SMILES string of the molecule is C[C@@](O)(CC(Cc1ccc(-c2ccccc2)cc1)NC(=O)c1cc(O)no1)C(=O)O. The zero-order valence-electron chi connectivity index (χ0n) is 16.3. The summed E-state index contributed by atoms with van der Waals surface area (Å²) in [5, 5.41) is 34.6. The van der Waals surface area contributed by atoms with Gasteiger partial charge in [-0.15, -0.1) is 0 Å². The highest BCUT2D eigenvalue weighted by Crippen LogP contribution is 2.22. The number of carbonyl (C=O) groups excluding carboxylic acids is 1. The normalized spacial score (nSPS) is 13.9. The summed E-state index contributed by atoms with van der Waals surface area (Å²) in [6.45, 7) is 1.17. The Balaban J connectivity index is 1.77. The molecule has 3 aromatic rings. The Labute approximate surface area is 172 Å². The first-order chi connectivity index (χ1) is 14.2. The number of aromatic nitrogens is 1. The predicted octanol–water partition coefficient (Wildman–Crippen LogP) is 2.61. The lowest BCUT2D eigenvalue weighted by Crippen LogP contribution is -2.46. The van der Waals surface area contributed by atoms with Gasteiger partial charge in [0, 0.05) is 12.5 Å². The first kappa shape index (κ1) is 21.1. The zero-order chi connectivity index (χ0) is 21.7. The van der Waals surface area contributed by atoms with Crippen molar-refractivity contribution in [2.75, 3.05) is 0 Å². The molecule has 0 aliphatic heterocycles. The third-order valence-corrected chi connectivity index (χ3v) is 4.70. The molecule has 0 aliphatic rings. The minimum Gasteiger partial charge on any atom is -0.491 e. The average molecular weight is 410 g/mol. The molecule has 0 radical (unpaired) electrons. The fourth-order valence-electron chi connectivity index (χ4n) is 3.12. The second-order valence-corrected chi connectivity index (χ2v) is 7.27. The highest BCUT2D eigenvalue weighted by Gasteiger charge is 2.34. The predicted molar refractivity (Wildman–Crippen MR) is 108 cm³/mol. The summed E-state index contributed by atoms with van der Waals surface area (Å²) in [4.78, 5) is 23.7. The van der Waals surface area contributed by atoms with Crippen LogP contribution in [0, 0.1) is 0 Å². The van der Waals surface area contributed by atoms with Crippen LogP contribution in [0.3, 0.4) is 0 Å². The molecule has 4 N–H and O–H groups in total. The quantitative estimate of drug-likeness (QED) is 0.449. The number of hydrogen-bond acceptors (Lipinski definition) is 6. The van der Waals surface area contributed by atoms with Gasteiger partial charge in [-0.3, -0.25) is 4.79 Å². The molecule has 0 spiro atoms. The van der Waals surface area contributed by atoms with E-state index < -0.39 is 29.4 Å². The van der Waals surface area contributed by atoms with Crippen molar-refractivity contribution in [3.05, 3.63) is 72.0 Å². The number of nitrogens with one attached hydrogen (secondary N) is 1. The van der Waals surface area contributed by atoms with E-state index in [1.54, 1.807) is 0 Å². The van der Waals surface area contributed by atoms with Crippen LogP contribution in [0.25, 0.3) is 11.1 Å². The zero-order valence-corrected chi connectivity index (χ0v) is 16.3. The minimum absolute atomic E-state index is 0.216. The van der Waals surface area contributed by atoms with Crippen molar-refractivity contribution in [3.63, 3.8) is 0 Å². The van der Waals surface area contributed by atoms with Crippen molar-refractivity contribution in [1.29, 1.82) is 0 Å². The lowest BCUT2D eigenvalue weighted by atomic mass is 9.92. The van der Waals surface area contributed by atoms with Gasteiger partial charge in [-0.2, -0.15) is 0 Å². The van der Waals surface area contributed by atoms with Crippen LogP contribution in [0.2, 0.25) is 0 Å². The number of carboxylic acid groups (broad SMARTS) is 1. The number of benzene rings is 2. The van der Waals surface area contributed by atoms with Crippen LogP contribution in [0.5, 0.6) is 5.88 Å². The lowest BCUT2D eigenvalue weighted by Gasteiger charge is -2.25. The molecule has 2 aromatic carbocycles. The Bertz CT molecular complexity index is 1010. The summed E-state index contributed by atoms with van der Waals surface area (Å²) in [6, 6.07) is 17.8. The molecular formula is C22H22N2O6. The van der Waals surface area contributed by atoms with Gasteiger partial charge in [-0.25, -0.2) is 4.79 Å². The Morgan fingerprint density at radius 1 is 1.10 bits per heavy atom. The molecule has 0 fully saturated rings. The molecule has 2 atom stereocenters. The van der Waals surface area contributed by atoms with E-state index in [0.717, 1.165) is 22.8 Å². The van der Waals surface area contributed by atoms with Crippen LogP contribution >= 0.6 is 0 Å². The van der Waals surface area contributed by atoms with Gasteiger partial charge >= 0.3 is 5.97 Å². The van der Waals surface area contributed by atoms with E-state index in [0.29, 0.717) is 0 Å². The maximum Gasteiger partial charge on any atom is 0.335 e. The van der Waals surface area contributed by atoms with Crippen molar-refractivity contribution in [3.8, 4) is 17.0 Å². The number of nitrogens with zero attached hydrogens (tertiary/aromatic N) is 1. The van der Waals surface area contributed by atoms with Gasteiger partial charge in [0.1, 0.15) is 0 Å². The largest absolute Gasteiger partial charge is 0.491 e. The van der Waals surface area contributed by atoms with Crippen LogP contribution in [0.15, 0.2) is 65.2 Å². The van der Waals surface area contributed by atoms with E-state index in [-0.39, 0.29) is 18.6 Å². The summed E-state index contributed by atoms with van der Waals surface area (Å²) >= 11 is 0. The molecule has 156 valence electrons. The summed E-state index contributed by atoms with van der Waals surface area (Å²) in [6.07, 6.45) is 0.0546. The molecule has 0 saturated heterocycles. The van der Waals surface area contributed by atoms with Crippen LogP contribution in [-0.4, -0.2) is 44.0 Å². The standard InChI is InChI=1S/C22H22N2O6/c1-22(29,21(27)28)13-17(23-20(26)18-12-19(25)24-30-18)11-14-7-9-16(10-8-14)15-5-3-2-4-6-15/h2-10,12,17,29H,11,13H2,1H3,(H,23,26)(H,24,25)(H,27,28)/t17?,22-/m1/s1. The van der Waals surface area contributed by atoms with E-state index >= 15 is 0 Å². The van der Waals surface area contributed by atoms with E-state index in [2.05, 4.69) is 10.5 Å². The maximum absolute atomic E-state index is 12.4. The van der Waals surface area contributed by atoms with Gasteiger partial charge in [-0.1, -0.05) is 54.6 Å². The van der Waals surface area contributed by atoms with Gasteiger partial charge in [0.15, 0.2) is 5.60 Å². The average Bonchev–Trinajstić information content (AvgIpc) is 3.15. The fourth-order valence-corrected chi connectivity index (χ4v) is 3.12. The first-order valence-corrected chi connectivity index (χ1v) is 9.31. The third-order valence-electron chi connectivity index (χ3n) is 4.70. The molecule has 8 heteroatoms. The first-order valence-electron chi connectivity index (χ1n) is 9.31. The number of hydrogen-bond donors (Lipinski definition) is 4. The lowest BCUT2D eigenvalue weighted by molar-refractivity contribution is -0.157. The minimum atomic E-state index is -2.04. The van der Waals surface area contributed by atoms with Crippen molar-refractivity contribution in [2.45, 2.75) is 31.4 Å². The number of carboxylic acids is 1. The fraction of sp³-hybridized carbons (Fsp3) is 0.227. The van der Waals surface area contributed by atoms with Crippen LogP contribution < -0.4 is 5.32 Å². The smallest absolute Gasteiger partial charge is 0.335 e. The second kappa shape index (κ2) is 8.79. The number of rotatable bonds is 8. The molecule has 8 nitrogen and oxygen atoms in total. The van der Waals surface area contributed by atoms with Crippen molar-refractivity contribution >= 4 is 11.9 Å². The van der Waals surface area contributed by atoms with Crippen LogP contribution in [0.4, 0.5) is 0 Å². The van der Waals surface area contributed by atoms with E-state index in [1.165, 1.54) is 6.92 Å². The molecule has 30 heavy (non-hydrogen) atoms. The number of aromatic hydroxyl groups is 1. The Morgan fingerprint density at radius 2 is 1.73 bits per heavy atom. The van der Waals surface area contributed by atoms with Gasteiger partial charge in [0.2, 0.25) is 5.76 Å². The topological polar surface area (TPSA) is 133 Å². The molecular weight excluding hydrogens is 388 g/mol. The Hall–Kier alpha value is -3.65. The second-order valence-electron chi connectivity index (χ2n) is 7.27. The molecule has 0 bridgehead atoms. The molecule has 0 aliphatic carbocycles. The van der Waals surface area contributed by atoms with Gasteiger partial charge in [0.05, 0.1) is 6.07 Å². The molecule has 0 saturated carbocycles. The molecule has 1 amide bonds. The Morgan fingerprint density at radius 3 is 2.30 bits per heavy atom. The van der Waals surface area contributed by atoms with Crippen LogP contribution in [-0.2, 0) is 11.2 Å². The highest BCUT2D eigenvalue weighted by molar-refractivity contribution is 5.91. The molecule has 1 aromatic heterocycles. The third kappa shape index (κ3) is 5.24. The summed E-state index contributed by atoms with van der Waals surface area (Å²) in [5.41, 5.74) is 0.898. The monoisotopic (exact) mass is 410 g/mol. The van der Waals surface area contributed by atoms with Crippen molar-refractivity contribution < 1.29 is 29.4 Å². The van der Waals surface area contributed by atoms with E-state index in [1.807, 2.05) is 54.6 Å². The molecule has 3 rings (SSSR count). The highest BCUT2D eigenvalue weighted by atomic mass is 16.5. The van der Waals surface area contributed by atoms with Gasteiger partial charge in [0.25, 0.3) is 11.8 Å². The van der Waals surface area contributed by atoms with E-state index in [9.17, 15) is 24.9 Å². The number of aliphatic hydroxyl groups is 1. The van der Waals surface area contributed by atoms with E-state index in [4.69, 9.17) is 4.52 Å².